The number of aromatic nitrogens is 1. The first-order valence-electron chi connectivity index (χ1n) is 8.92. The second-order valence-corrected chi connectivity index (χ2v) is 7.22. The number of nitrogens with zero attached hydrogens (tertiary/aromatic N) is 2. The summed E-state index contributed by atoms with van der Waals surface area (Å²) in [6.45, 7) is 0.999. The van der Waals surface area contributed by atoms with Crippen molar-refractivity contribution in [3.05, 3.63) is 58.0 Å². The van der Waals surface area contributed by atoms with Gasteiger partial charge in [0.05, 0.1) is 12.1 Å². The van der Waals surface area contributed by atoms with Crippen LogP contribution in [0.2, 0.25) is 0 Å². The van der Waals surface area contributed by atoms with E-state index in [1.54, 1.807) is 14.2 Å². The predicted molar refractivity (Wildman–Crippen MR) is 125 cm³/mol. The number of rotatable bonds is 6. The number of guanidine groups is 1. The van der Waals surface area contributed by atoms with Crippen LogP contribution in [0.1, 0.15) is 16.3 Å². The molecule has 1 aromatic heterocycles. The molecule has 30 heavy (non-hydrogen) atoms. The summed E-state index contributed by atoms with van der Waals surface area (Å²) in [6.07, 6.45) is -4.01. The first-order valence-corrected chi connectivity index (χ1v) is 9.80. The van der Waals surface area contributed by atoms with E-state index < -0.39 is 11.9 Å². The molecule has 162 valence electrons. The smallest absolute Gasteiger partial charge is 0.434 e. The molecule has 0 atom stereocenters. The van der Waals surface area contributed by atoms with Gasteiger partial charge >= 0.3 is 6.18 Å². The van der Waals surface area contributed by atoms with Crippen LogP contribution in [0.4, 0.5) is 13.2 Å². The molecule has 0 aliphatic rings. The van der Waals surface area contributed by atoms with Crippen LogP contribution in [0.25, 0.3) is 10.8 Å². The zero-order chi connectivity index (χ0) is 20.9. The molecule has 0 fully saturated rings. The zero-order valence-corrected chi connectivity index (χ0v) is 19.6. The van der Waals surface area contributed by atoms with Gasteiger partial charge in [-0.3, -0.25) is 4.99 Å². The number of hydrogen-bond acceptors (Lipinski definition) is 4. The normalized spacial score (nSPS) is 11.8. The third-order valence-corrected chi connectivity index (χ3v) is 5.18. The van der Waals surface area contributed by atoms with Crippen LogP contribution in [-0.4, -0.2) is 31.6 Å². The fourth-order valence-corrected chi connectivity index (χ4v) is 3.57. The lowest BCUT2D eigenvalue weighted by Crippen LogP contribution is -2.37. The minimum Gasteiger partial charge on any atom is -0.497 e. The van der Waals surface area contributed by atoms with Crippen LogP contribution in [-0.2, 0) is 19.1 Å². The van der Waals surface area contributed by atoms with Crippen LogP contribution in [0.5, 0.6) is 5.75 Å². The molecular formula is C20H22F3IN4OS. The van der Waals surface area contributed by atoms with Crippen LogP contribution in [0.15, 0.2) is 46.8 Å². The number of thiazole rings is 1. The number of fused-ring (bicyclic) bond motifs is 1. The molecule has 3 aromatic rings. The highest BCUT2D eigenvalue weighted by Crippen LogP contribution is 2.30. The minimum atomic E-state index is -4.40. The first-order chi connectivity index (χ1) is 13.9. The van der Waals surface area contributed by atoms with Crippen molar-refractivity contribution >= 4 is 52.0 Å². The summed E-state index contributed by atoms with van der Waals surface area (Å²) in [5.41, 5.74) is 0.245. The van der Waals surface area contributed by atoms with Gasteiger partial charge in [-0.2, -0.15) is 13.2 Å². The van der Waals surface area contributed by atoms with Gasteiger partial charge in [-0.05, 0) is 34.5 Å². The summed E-state index contributed by atoms with van der Waals surface area (Å²) >= 11 is 1.01. The summed E-state index contributed by atoms with van der Waals surface area (Å²) in [5, 5.41) is 9.98. The Labute approximate surface area is 193 Å². The lowest BCUT2D eigenvalue weighted by Gasteiger charge is -2.12. The van der Waals surface area contributed by atoms with Gasteiger partial charge in [0.25, 0.3) is 0 Å². The minimum absolute atomic E-state index is 0. The molecule has 0 saturated heterocycles. The van der Waals surface area contributed by atoms with E-state index in [4.69, 9.17) is 4.74 Å². The van der Waals surface area contributed by atoms with Crippen molar-refractivity contribution in [2.45, 2.75) is 19.1 Å². The number of halogens is 4. The molecule has 0 spiro atoms. The number of hydrogen-bond donors (Lipinski definition) is 2. The number of benzene rings is 2. The molecule has 0 amide bonds. The van der Waals surface area contributed by atoms with Crippen molar-refractivity contribution in [2.75, 3.05) is 20.7 Å². The highest BCUT2D eigenvalue weighted by Gasteiger charge is 2.33. The molecular weight excluding hydrogens is 528 g/mol. The lowest BCUT2D eigenvalue weighted by molar-refractivity contribution is -0.140. The molecule has 2 N–H and O–H groups in total. The van der Waals surface area contributed by atoms with E-state index in [1.807, 2.05) is 30.3 Å². The first kappa shape index (κ1) is 24.2. The molecule has 2 aromatic carbocycles. The summed E-state index contributed by atoms with van der Waals surface area (Å²) in [4.78, 5) is 7.77. The van der Waals surface area contributed by atoms with E-state index in [1.165, 1.54) is 0 Å². The van der Waals surface area contributed by atoms with Crippen molar-refractivity contribution in [3.8, 4) is 5.75 Å². The standard InChI is InChI=1S/C20H21F3N4OS.HI/c1-24-19(25-8-7-18-27-17(12-29-18)20(21,22)23)26-11-13-3-4-15-10-16(28-2)6-5-14(15)9-13;/h3-6,9-10,12H,7-8,11H2,1-2H3,(H2,24,25,26);1H. The summed E-state index contributed by atoms with van der Waals surface area (Å²) in [7, 11) is 3.29. The van der Waals surface area contributed by atoms with Crippen LogP contribution >= 0.6 is 35.3 Å². The Kier molecular flexibility index (Phi) is 8.71. The fraction of sp³-hybridized carbons (Fsp3) is 0.300. The average molecular weight is 550 g/mol. The van der Waals surface area contributed by atoms with E-state index in [2.05, 4.69) is 26.7 Å². The van der Waals surface area contributed by atoms with Crippen molar-refractivity contribution in [1.29, 1.82) is 0 Å². The molecule has 0 aliphatic carbocycles. The summed E-state index contributed by atoms with van der Waals surface area (Å²) < 4.78 is 43.0. The van der Waals surface area contributed by atoms with E-state index in [9.17, 15) is 13.2 Å². The Bertz CT molecular complexity index is 1010. The molecule has 0 radical (unpaired) electrons. The van der Waals surface area contributed by atoms with Gasteiger partial charge in [-0.25, -0.2) is 4.98 Å². The Hall–Kier alpha value is -2.08. The highest BCUT2D eigenvalue weighted by atomic mass is 127. The third-order valence-electron chi connectivity index (χ3n) is 4.27. The predicted octanol–water partition coefficient (Wildman–Crippen LogP) is 4.85. The fourth-order valence-electron chi connectivity index (χ4n) is 2.76. The van der Waals surface area contributed by atoms with Gasteiger partial charge in [-0.1, -0.05) is 18.2 Å². The number of nitrogens with one attached hydrogen (secondary N) is 2. The second kappa shape index (κ2) is 10.8. The number of alkyl halides is 3. The monoisotopic (exact) mass is 550 g/mol. The molecule has 0 bridgehead atoms. The third kappa shape index (κ3) is 6.46. The number of aliphatic imine (C=N–C) groups is 1. The number of ether oxygens (including phenoxy) is 1. The SMILES string of the molecule is CN=C(NCCc1nc(C(F)(F)F)cs1)NCc1ccc2cc(OC)ccc2c1.I. The van der Waals surface area contributed by atoms with E-state index in [0.717, 1.165) is 38.8 Å². The van der Waals surface area contributed by atoms with Crippen molar-refractivity contribution in [2.24, 2.45) is 4.99 Å². The van der Waals surface area contributed by atoms with Crippen LogP contribution < -0.4 is 15.4 Å². The average Bonchev–Trinajstić information content (AvgIpc) is 3.19. The Morgan fingerprint density at radius 1 is 1.13 bits per heavy atom. The van der Waals surface area contributed by atoms with Gasteiger partial charge in [-0.15, -0.1) is 35.3 Å². The van der Waals surface area contributed by atoms with Gasteiger partial charge in [0.2, 0.25) is 0 Å². The molecule has 3 rings (SSSR count). The van der Waals surface area contributed by atoms with E-state index in [0.29, 0.717) is 30.5 Å². The zero-order valence-electron chi connectivity index (χ0n) is 16.4. The van der Waals surface area contributed by atoms with E-state index >= 15 is 0 Å². The molecule has 0 saturated carbocycles. The second-order valence-electron chi connectivity index (χ2n) is 6.27. The van der Waals surface area contributed by atoms with Crippen LogP contribution in [0.3, 0.4) is 0 Å². The number of methoxy groups -OCH3 is 1. The van der Waals surface area contributed by atoms with Gasteiger partial charge in [0, 0.05) is 31.9 Å². The molecule has 0 aliphatic heterocycles. The lowest BCUT2D eigenvalue weighted by atomic mass is 10.1. The van der Waals surface area contributed by atoms with Crippen molar-refractivity contribution in [1.82, 2.24) is 15.6 Å². The largest absolute Gasteiger partial charge is 0.497 e. The summed E-state index contributed by atoms with van der Waals surface area (Å²) in [6, 6.07) is 12.1. The molecule has 5 nitrogen and oxygen atoms in total. The van der Waals surface area contributed by atoms with Gasteiger partial charge in [0.15, 0.2) is 11.7 Å². The van der Waals surface area contributed by atoms with Crippen LogP contribution in [0, 0.1) is 0 Å². The van der Waals surface area contributed by atoms with E-state index in [-0.39, 0.29) is 24.0 Å². The quantitative estimate of drug-likeness (QED) is 0.262. The topological polar surface area (TPSA) is 58.5 Å². The highest BCUT2D eigenvalue weighted by molar-refractivity contribution is 14.0. The molecule has 1 heterocycles. The Morgan fingerprint density at radius 3 is 2.53 bits per heavy atom. The molecule has 10 heteroatoms. The molecule has 0 unspecified atom stereocenters. The van der Waals surface area contributed by atoms with Gasteiger partial charge < -0.3 is 15.4 Å². The maximum atomic E-state index is 12.6. The Morgan fingerprint density at radius 2 is 1.87 bits per heavy atom. The maximum absolute atomic E-state index is 12.6. The maximum Gasteiger partial charge on any atom is 0.434 e. The van der Waals surface area contributed by atoms with Crippen molar-refractivity contribution in [3.63, 3.8) is 0 Å². The van der Waals surface area contributed by atoms with Gasteiger partial charge in [0.1, 0.15) is 5.75 Å². The Balaban J connectivity index is 0.00000320. The van der Waals surface area contributed by atoms with Crippen molar-refractivity contribution < 1.29 is 17.9 Å². The summed E-state index contributed by atoms with van der Waals surface area (Å²) in [5.74, 6) is 1.39.